The van der Waals surface area contributed by atoms with Crippen molar-refractivity contribution in [1.29, 1.82) is 0 Å². The first-order chi connectivity index (χ1) is 13.2. The third-order valence-electron chi connectivity index (χ3n) is 5.51. The smallest absolute Gasteiger partial charge is 0.225 e. The van der Waals surface area contributed by atoms with Gasteiger partial charge in [0.1, 0.15) is 0 Å². The molecule has 0 aliphatic carbocycles. The Kier molecular flexibility index (Phi) is 5.02. The monoisotopic (exact) mass is 372 g/mol. The summed E-state index contributed by atoms with van der Waals surface area (Å²) in [5, 5.41) is 6.92. The standard InChI is InChI=1S/C18H24N6O3/c1-13-22-15(23-27-13)3-8-19-16(25)14-11-24(17-20-6-2-7-21-17)12-18(14)4-9-26-10-5-18/h2,6-7,14H,3-5,8-12H2,1H3,(H,19,25). The summed E-state index contributed by atoms with van der Waals surface area (Å²) in [6.07, 6.45) is 5.77. The molecule has 0 radical (unpaired) electrons. The number of rotatable bonds is 5. The SMILES string of the molecule is Cc1nc(CCNC(=O)C2CN(c3ncccn3)CC23CCOCC3)no1. The van der Waals surface area contributed by atoms with Gasteiger partial charge in [-0.15, -0.1) is 0 Å². The first kappa shape index (κ1) is 17.8. The van der Waals surface area contributed by atoms with E-state index in [1.54, 1.807) is 25.4 Å². The van der Waals surface area contributed by atoms with Gasteiger partial charge in [-0.3, -0.25) is 4.79 Å². The lowest BCUT2D eigenvalue weighted by molar-refractivity contribution is -0.129. The van der Waals surface area contributed by atoms with Crippen molar-refractivity contribution in [1.82, 2.24) is 25.4 Å². The Labute approximate surface area is 157 Å². The van der Waals surface area contributed by atoms with Gasteiger partial charge < -0.3 is 19.5 Å². The minimum absolute atomic E-state index is 0.0653. The van der Waals surface area contributed by atoms with Crippen LogP contribution in [0.2, 0.25) is 0 Å². The second-order valence-electron chi connectivity index (χ2n) is 7.23. The van der Waals surface area contributed by atoms with Crippen LogP contribution in [-0.4, -0.2) is 58.9 Å². The molecule has 2 aromatic rings. The highest BCUT2D eigenvalue weighted by atomic mass is 16.5. The van der Waals surface area contributed by atoms with E-state index in [4.69, 9.17) is 9.26 Å². The third kappa shape index (κ3) is 3.78. The molecule has 1 unspecified atom stereocenters. The van der Waals surface area contributed by atoms with Crippen molar-refractivity contribution in [3.8, 4) is 0 Å². The fourth-order valence-corrected chi connectivity index (χ4v) is 4.08. The van der Waals surface area contributed by atoms with Crippen molar-refractivity contribution >= 4 is 11.9 Å². The summed E-state index contributed by atoms with van der Waals surface area (Å²) in [7, 11) is 0. The number of anilines is 1. The molecule has 0 bridgehead atoms. The van der Waals surface area contributed by atoms with E-state index in [-0.39, 0.29) is 17.2 Å². The maximum atomic E-state index is 13.0. The number of ether oxygens (including phenoxy) is 1. The molecule has 9 heteroatoms. The lowest BCUT2D eigenvalue weighted by Gasteiger charge is -2.37. The molecule has 27 heavy (non-hydrogen) atoms. The molecule has 2 aromatic heterocycles. The predicted molar refractivity (Wildman–Crippen MR) is 96.0 cm³/mol. The number of hydrogen-bond donors (Lipinski definition) is 1. The van der Waals surface area contributed by atoms with Gasteiger partial charge in [0.15, 0.2) is 5.82 Å². The fraction of sp³-hybridized carbons (Fsp3) is 0.611. The highest BCUT2D eigenvalue weighted by molar-refractivity contribution is 5.81. The number of nitrogens with zero attached hydrogens (tertiary/aromatic N) is 5. The quantitative estimate of drug-likeness (QED) is 0.820. The molecule has 2 aliphatic heterocycles. The van der Waals surface area contributed by atoms with Crippen molar-refractivity contribution in [3.05, 3.63) is 30.2 Å². The third-order valence-corrected chi connectivity index (χ3v) is 5.51. The molecule has 1 amide bonds. The zero-order chi connectivity index (χ0) is 18.7. The molecule has 2 fully saturated rings. The van der Waals surface area contributed by atoms with E-state index in [1.165, 1.54) is 0 Å². The van der Waals surface area contributed by atoms with E-state index in [0.29, 0.717) is 50.4 Å². The molecule has 9 nitrogen and oxygen atoms in total. The van der Waals surface area contributed by atoms with Gasteiger partial charge in [0, 0.05) is 64.0 Å². The minimum atomic E-state index is -0.114. The number of nitrogens with one attached hydrogen (secondary N) is 1. The molecule has 144 valence electrons. The molecule has 1 N–H and O–H groups in total. The predicted octanol–water partition coefficient (Wildman–Crippen LogP) is 0.760. The zero-order valence-electron chi connectivity index (χ0n) is 15.4. The van der Waals surface area contributed by atoms with Crippen LogP contribution < -0.4 is 10.2 Å². The first-order valence-electron chi connectivity index (χ1n) is 9.33. The maximum absolute atomic E-state index is 13.0. The van der Waals surface area contributed by atoms with Crippen LogP contribution in [0.3, 0.4) is 0 Å². The van der Waals surface area contributed by atoms with Gasteiger partial charge in [-0.2, -0.15) is 4.98 Å². The van der Waals surface area contributed by atoms with Crippen LogP contribution >= 0.6 is 0 Å². The van der Waals surface area contributed by atoms with E-state index in [9.17, 15) is 4.79 Å². The molecular weight excluding hydrogens is 348 g/mol. The Morgan fingerprint density at radius 1 is 1.33 bits per heavy atom. The summed E-state index contributed by atoms with van der Waals surface area (Å²) in [5.74, 6) is 1.78. The summed E-state index contributed by atoms with van der Waals surface area (Å²) in [6.45, 7) is 5.02. The minimum Gasteiger partial charge on any atom is -0.381 e. The van der Waals surface area contributed by atoms with Crippen LogP contribution in [0, 0.1) is 18.3 Å². The van der Waals surface area contributed by atoms with Crippen molar-refractivity contribution < 1.29 is 14.1 Å². The van der Waals surface area contributed by atoms with E-state index < -0.39 is 0 Å². The maximum Gasteiger partial charge on any atom is 0.225 e. The van der Waals surface area contributed by atoms with Gasteiger partial charge in [0.05, 0.1) is 5.92 Å². The summed E-state index contributed by atoms with van der Waals surface area (Å²) < 4.78 is 10.5. The van der Waals surface area contributed by atoms with Gasteiger partial charge in [-0.1, -0.05) is 5.16 Å². The van der Waals surface area contributed by atoms with Crippen LogP contribution in [0.1, 0.15) is 24.6 Å². The molecular formula is C18H24N6O3. The summed E-state index contributed by atoms with van der Waals surface area (Å²) in [6, 6.07) is 1.80. The van der Waals surface area contributed by atoms with E-state index in [2.05, 4.69) is 30.3 Å². The number of hydrogen-bond acceptors (Lipinski definition) is 8. The van der Waals surface area contributed by atoms with Crippen molar-refractivity contribution in [2.75, 3.05) is 37.7 Å². The summed E-state index contributed by atoms with van der Waals surface area (Å²) in [4.78, 5) is 28.0. The Morgan fingerprint density at radius 2 is 2.11 bits per heavy atom. The van der Waals surface area contributed by atoms with Crippen LogP contribution in [0.4, 0.5) is 5.95 Å². The van der Waals surface area contributed by atoms with Crippen molar-refractivity contribution in [2.45, 2.75) is 26.2 Å². The molecule has 4 rings (SSSR count). The Hall–Kier alpha value is -2.55. The first-order valence-corrected chi connectivity index (χ1v) is 9.33. The average Bonchev–Trinajstić information content (AvgIpc) is 3.27. The van der Waals surface area contributed by atoms with E-state index in [1.807, 2.05) is 0 Å². The fourth-order valence-electron chi connectivity index (χ4n) is 4.08. The topological polar surface area (TPSA) is 106 Å². The summed E-state index contributed by atoms with van der Waals surface area (Å²) >= 11 is 0. The van der Waals surface area contributed by atoms with Crippen molar-refractivity contribution in [3.63, 3.8) is 0 Å². The van der Waals surface area contributed by atoms with Crippen LogP contribution in [0.25, 0.3) is 0 Å². The second kappa shape index (κ2) is 7.59. The number of carbonyl (C=O) groups is 1. The number of carbonyl (C=O) groups excluding carboxylic acids is 1. The van der Waals surface area contributed by atoms with Gasteiger partial charge in [0.25, 0.3) is 0 Å². The molecule has 0 aromatic carbocycles. The average molecular weight is 372 g/mol. The molecule has 4 heterocycles. The summed E-state index contributed by atoms with van der Waals surface area (Å²) in [5.41, 5.74) is -0.0930. The second-order valence-corrected chi connectivity index (χ2v) is 7.23. The Bertz CT molecular complexity index is 774. The largest absolute Gasteiger partial charge is 0.381 e. The van der Waals surface area contributed by atoms with Gasteiger partial charge in [-0.05, 0) is 18.9 Å². The zero-order valence-corrected chi connectivity index (χ0v) is 15.4. The number of amides is 1. The highest BCUT2D eigenvalue weighted by Gasteiger charge is 2.51. The number of aryl methyl sites for hydroxylation is 1. The lowest BCUT2D eigenvalue weighted by atomic mass is 9.72. The Balaban J connectivity index is 1.44. The van der Waals surface area contributed by atoms with E-state index in [0.717, 1.165) is 19.4 Å². The van der Waals surface area contributed by atoms with Gasteiger partial charge in [0.2, 0.25) is 17.7 Å². The normalized spacial score (nSPS) is 21.5. The molecule has 1 spiro atoms. The molecule has 1 atom stereocenters. The van der Waals surface area contributed by atoms with Crippen LogP contribution in [0.15, 0.2) is 23.0 Å². The highest BCUT2D eigenvalue weighted by Crippen LogP contribution is 2.45. The molecule has 2 aliphatic rings. The lowest BCUT2D eigenvalue weighted by Crippen LogP contribution is -2.44. The molecule has 0 saturated carbocycles. The number of aromatic nitrogens is 4. The van der Waals surface area contributed by atoms with Crippen LogP contribution in [0.5, 0.6) is 0 Å². The Morgan fingerprint density at radius 3 is 2.81 bits per heavy atom. The van der Waals surface area contributed by atoms with Gasteiger partial charge >= 0.3 is 0 Å². The van der Waals surface area contributed by atoms with Crippen LogP contribution in [-0.2, 0) is 16.0 Å². The van der Waals surface area contributed by atoms with E-state index >= 15 is 0 Å². The molecule has 2 saturated heterocycles. The van der Waals surface area contributed by atoms with Crippen molar-refractivity contribution in [2.24, 2.45) is 11.3 Å². The van der Waals surface area contributed by atoms with Gasteiger partial charge in [-0.25, -0.2) is 9.97 Å².